The lowest BCUT2D eigenvalue weighted by Crippen LogP contribution is -2.43. The molecule has 0 fully saturated rings. The van der Waals surface area contributed by atoms with Gasteiger partial charge in [0.2, 0.25) is 8.32 Å². The molecule has 8 heteroatoms. The molecule has 0 unspecified atom stereocenters. The number of benzene rings is 1. The van der Waals surface area contributed by atoms with E-state index in [1.807, 2.05) is 24.3 Å². The van der Waals surface area contributed by atoms with E-state index in [1.54, 1.807) is 0 Å². The molecule has 6 nitrogen and oxygen atoms in total. The van der Waals surface area contributed by atoms with Gasteiger partial charge in [-0.05, 0) is 36.3 Å². The van der Waals surface area contributed by atoms with Gasteiger partial charge in [-0.3, -0.25) is 13.9 Å². The summed E-state index contributed by atoms with van der Waals surface area (Å²) in [5.74, 6) is 6.69. The molecule has 1 aromatic heterocycles. The van der Waals surface area contributed by atoms with E-state index in [2.05, 4.69) is 45.7 Å². The summed E-state index contributed by atoms with van der Waals surface area (Å²) in [5, 5.41) is -0.00658. The lowest BCUT2D eigenvalue weighted by molar-refractivity contribution is 0.492. The average molecular weight is 420 g/mol. The van der Waals surface area contributed by atoms with E-state index in [0.29, 0.717) is 0 Å². The minimum Gasteiger partial charge on any atom is -0.543 e. The lowest BCUT2D eigenvalue weighted by Gasteiger charge is -2.36. The van der Waals surface area contributed by atoms with Crippen LogP contribution in [0.3, 0.4) is 0 Å². The lowest BCUT2D eigenvalue weighted by atomic mass is 10.2. The van der Waals surface area contributed by atoms with Gasteiger partial charge in [0.1, 0.15) is 16.6 Å². The molecule has 1 heterocycles. The molecule has 2 aromatic rings. The number of halogens is 1. The van der Waals surface area contributed by atoms with Crippen LogP contribution in [0, 0.1) is 11.8 Å². The number of hydrogen-bond donors (Lipinski definition) is 1. The molecule has 0 aliphatic carbocycles. The van der Waals surface area contributed by atoms with Gasteiger partial charge in [-0.15, -0.1) is 0 Å². The van der Waals surface area contributed by atoms with Crippen LogP contribution in [0.1, 0.15) is 26.3 Å². The number of aromatic nitrogens is 2. The van der Waals surface area contributed by atoms with Crippen LogP contribution in [0.25, 0.3) is 0 Å². The Balaban J connectivity index is 2.28. The Kier molecular flexibility index (Phi) is 6.17. The average Bonchev–Trinajstić information content (AvgIpc) is 2.60. The molecule has 0 aliphatic heterocycles. The van der Waals surface area contributed by atoms with Crippen LogP contribution >= 0.6 is 11.6 Å². The molecule has 0 radical (unpaired) electrons. The fraction of sp³-hybridized carbons (Fsp3) is 0.400. The second kappa shape index (κ2) is 7.90. The van der Waals surface area contributed by atoms with Crippen LogP contribution in [0.2, 0.25) is 23.3 Å². The number of nitrogens with two attached hydrogens (primary N) is 1. The van der Waals surface area contributed by atoms with Crippen molar-refractivity contribution in [3.05, 3.63) is 55.8 Å². The zero-order valence-corrected chi connectivity index (χ0v) is 18.8. The molecule has 0 aliphatic rings. The second-order valence-corrected chi connectivity index (χ2v) is 13.2. The second-order valence-electron chi connectivity index (χ2n) is 8.13. The zero-order valence-electron chi connectivity index (χ0n) is 17.1. The van der Waals surface area contributed by atoms with E-state index in [9.17, 15) is 9.59 Å². The Morgan fingerprint density at radius 2 is 1.89 bits per heavy atom. The Bertz CT molecular complexity index is 1070. The van der Waals surface area contributed by atoms with Crippen molar-refractivity contribution in [2.24, 2.45) is 7.05 Å². The largest absolute Gasteiger partial charge is 0.543 e. The quantitative estimate of drug-likeness (QED) is 0.470. The first-order valence-electron chi connectivity index (χ1n) is 8.88. The van der Waals surface area contributed by atoms with Gasteiger partial charge in [0.25, 0.3) is 5.56 Å². The number of nitrogen functional groups attached to an aromatic ring is 1. The topological polar surface area (TPSA) is 79.2 Å². The predicted octanol–water partition coefficient (Wildman–Crippen LogP) is 3.22. The maximum atomic E-state index is 12.2. The number of anilines is 1. The Hall–Kier alpha value is -2.43. The van der Waals surface area contributed by atoms with E-state index in [1.165, 1.54) is 11.6 Å². The standard InChI is InChI=1S/C20H26ClN3O3Si/c1-20(2,3)28(5,6)27-15-11-7-9-14(13-15)10-8-12-24-17(21)16(22)18(25)23(4)19(24)26/h7,9,11,13H,12,22H2,1-6H3. The van der Waals surface area contributed by atoms with Gasteiger partial charge in [-0.2, -0.15) is 0 Å². The predicted molar refractivity (Wildman–Crippen MR) is 117 cm³/mol. The summed E-state index contributed by atoms with van der Waals surface area (Å²) in [7, 11) is -0.593. The normalized spacial score (nSPS) is 11.7. The van der Waals surface area contributed by atoms with Crippen LogP contribution in [0.5, 0.6) is 5.75 Å². The van der Waals surface area contributed by atoms with Crippen molar-refractivity contribution in [2.45, 2.75) is 45.4 Å². The van der Waals surface area contributed by atoms with Gasteiger partial charge in [0.15, 0.2) is 0 Å². The smallest absolute Gasteiger partial charge is 0.332 e. The third-order valence-corrected chi connectivity index (χ3v) is 9.76. The maximum Gasteiger partial charge on any atom is 0.332 e. The summed E-state index contributed by atoms with van der Waals surface area (Å²) in [6.45, 7) is 10.9. The molecule has 1 aromatic carbocycles. The van der Waals surface area contributed by atoms with Gasteiger partial charge in [-0.1, -0.05) is 50.3 Å². The maximum absolute atomic E-state index is 12.2. The molecule has 28 heavy (non-hydrogen) atoms. The van der Waals surface area contributed by atoms with Gasteiger partial charge in [-0.25, -0.2) is 4.79 Å². The molecule has 0 saturated heterocycles. The summed E-state index contributed by atoms with van der Waals surface area (Å²) in [6.07, 6.45) is 0. The van der Waals surface area contributed by atoms with Crippen molar-refractivity contribution in [1.29, 1.82) is 0 Å². The fourth-order valence-electron chi connectivity index (χ4n) is 2.21. The summed E-state index contributed by atoms with van der Waals surface area (Å²) >= 11 is 6.04. The van der Waals surface area contributed by atoms with Crippen molar-refractivity contribution < 1.29 is 4.43 Å². The number of nitrogens with zero attached hydrogens (tertiary/aromatic N) is 2. The molecule has 2 N–H and O–H groups in total. The highest BCUT2D eigenvalue weighted by Crippen LogP contribution is 2.37. The van der Waals surface area contributed by atoms with Crippen LogP contribution in [0.4, 0.5) is 5.69 Å². The first-order chi connectivity index (χ1) is 12.8. The monoisotopic (exact) mass is 419 g/mol. The molecule has 0 atom stereocenters. The molecule has 0 bridgehead atoms. The Labute approximate surface area is 171 Å². The third-order valence-electron chi connectivity index (χ3n) is 5.00. The van der Waals surface area contributed by atoms with Crippen molar-refractivity contribution in [3.8, 4) is 17.6 Å². The van der Waals surface area contributed by atoms with Crippen molar-refractivity contribution in [2.75, 3.05) is 5.73 Å². The van der Waals surface area contributed by atoms with Crippen LogP contribution in [-0.4, -0.2) is 17.5 Å². The first kappa shape index (κ1) is 21.9. The summed E-state index contributed by atoms with van der Waals surface area (Å²) < 4.78 is 8.38. The fourth-order valence-corrected chi connectivity index (χ4v) is 3.44. The number of hydrogen-bond acceptors (Lipinski definition) is 4. The minimum absolute atomic E-state index is 0.0172. The van der Waals surface area contributed by atoms with Gasteiger partial charge < -0.3 is 10.2 Å². The van der Waals surface area contributed by atoms with E-state index >= 15 is 0 Å². The molecule has 0 spiro atoms. The zero-order chi connectivity index (χ0) is 21.3. The molecule has 2 rings (SSSR count). The van der Waals surface area contributed by atoms with Gasteiger partial charge in [0.05, 0.1) is 6.54 Å². The molecular weight excluding hydrogens is 394 g/mol. The van der Waals surface area contributed by atoms with Crippen LogP contribution in [0.15, 0.2) is 33.9 Å². The SMILES string of the molecule is Cn1c(=O)c(N)c(Cl)n(CC#Cc2cccc(O[Si](C)(C)C(C)(C)C)c2)c1=O. The summed E-state index contributed by atoms with van der Waals surface area (Å²) in [4.78, 5) is 24.0. The minimum atomic E-state index is -1.94. The summed E-state index contributed by atoms with van der Waals surface area (Å²) in [5.41, 5.74) is 5.08. The van der Waals surface area contributed by atoms with Gasteiger partial charge >= 0.3 is 5.69 Å². The van der Waals surface area contributed by atoms with E-state index in [4.69, 9.17) is 21.8 Å². The van der Waals surface area contributed by atoms with E-state index in [0.717, 1.165) is 15.9 Å². The van der Waals surface area contributed by atoms with Crippen molar-refractivity contribution in [1.82, 2.24) is 9.13 Å². The first-order valence-corrected chi connectivity index (χ1v) is 12.2. The van der Waals surface area contributed by atoms with E-state index in [-0.39, 0.29) is 22.4 Å². The Morgan fingerprint density at radius 3 is 2.50 bits per heavy atom. The Morgan fingerprint density at radius 1 is 1.25 bits per heavy atom. The third kappa shape index (κ3) is 4.51. The molecule has 0 amide bonds. The molecule has 150 valence electrons. The van der Waals surface area contributed by atoms with E-state index < -0.39 is 19.6 Å². The molecule has 0 saturated carbocycles. The number of rotatable bonds is 3. The van der Waals surface area contributed by atoms with Crippen molar-refractivity contribution in [3.63, 3.8) is 0 Å². The van der Waals surface area contributed by atoms with Crippen LogP contribution in [-0.2, 0) is 13.6 Å². The van der Waals surface area contributed by atoms with Gasteiger partial charge in [0, 0.05) is 12.6 Å². The van der Waals surface area contributed by atoms with Crippen LogP contribution < -0.4 is 21.4 Å². The highest BCUT2D eigenvalue weighted by Gasteiger charge is 2.38. The summed E-state index contributed by atoms with van der Waals surface area (Å²) in [6, 6.07) is 7.55. The highest BCUT2D eigenvalue weighted by molar-refractivity contribution is 6.74. The highest BCUT2D eigenvalue weighted by atomic mass is 35.5. The van der Waals surface area contributed by atoms with Crippen molar-refractivity contribution >= 4 is 25.6 Å². The molecular formula is C20H26ClN3O3Si.